The van der Waals surface area contributed by atoms with Crippen LogP contribution < -0.4 is 5.73 Å². The molecule has 1 amide bonds. The first kappa shape index (κ1) is 12.2. The number of nitrogens with zero attached hydrogens (tertiary/aromatic N) is 1. The van der Waals surface area contributed by atoms with E-state index in [-0.39, 0.29) is 23.7 Å². The fourth-order valence-corrected chi connectivity index (χ4v) is 1.99. The van der Waals surface area contributed by atoms with Gasteiger partial charge in [0.2, 0.25) is 5.91 Å². The summed E-state index contributed by atoms with van der Waals surface area (Å²) in [5.74, 6) is -1.35. The van der Waals surface area contributed by atoms with E-state index >= 15 is 0 Å². The van der Waals surface area contributed by atoms with Crippen molar-refractivity contribution in [2.45, 2.75) is 19.9 Å². The van der Waals surface area contributed by atoms with Crippen molar-refractivity contribution in [1.29, 1.82) is 0 Å². The lowest BCUT2D eigenvalue weighted by molar-refractivity contribution is -0.134. The van der Waals surface area contributed by atoms with Crippen LogP contribution in [-0.4, -0.2) is 21.9 Å². The van der Waals surface area contributed by atoms with Crippen LogP contribution in [0.4, 0.5) is 0 Å². The molecule has 2 rings (SSSR count). The number of hydrogen-bond donors (Lipinski definition) is 2. The van der Waals surface area contributed by atoms with Crippen molar-refractivity contribution in [2.75, 3.05) is 0 Å². The normalized spacial score (nSPS) is 15.4. The van der Waals surface area contributed by atoms with Crippen LogP contribution in [0.3, 0.4) is 0 Å². The summed E-state index contributed by atoms with van der Waals surface area (Å²) in [7, 11) is 0. The van der Waals surface area contributed by atoms with Crippen molar-refractivity contribution < 1.29 is 14.7 Å². The maximum atomic E-state index is 11.7. The zero-order valence-corrected chi connectivity index (χ0v) is 10.0. The number of benzene rings is 1. The molecule has 0 spiro atoms. The predicted molar refractivity (Wildman–Crippen MR) is 65.2 cm³/mol. The van der Waals surface area contributed by atoms with Crippen molar-refractivity contribution >= 4 is 11.9 Å². The van der Waals surface area contributed by atoms with Gasteiger partial charge in [-0.15, -0.1) is 0 Å². The number of carboxylic acids is 1. The Morgan fingerprint density at radius 3 is 2.78 bits per heavy atom. The summed E-state index contributed by atoms with van der Waals surface area (Å²) >= 11 is 0. The first-order chi connectivity index (χ1) is 8.49. The largest absolute Gasteiger partial charge is 0.478 e. The van der Waals surface area contributed by atoms with Gasteiger partial charge in [0.25, 0.3) is 0 Å². The van der Waals surface area contributed by atoms with Crippen LogP contribution >= 0.6 is 0 Å². The van der Waals surface area contributed by atoms with Gasteiger partial charge in [0.05, 0.1) is 18.5 Å². The Hall–Kier alpha value is -2.30. The van der Waals surface area contributed by atoms with Crippen molar-refractivity contribution in [3.8, 4) is 0 Å². The number of hydrogen-bond acceptors (Lipinski definition) is 3. The highest BCUT2D eigenvalue weighted by molar-refractivity contribution is 5.98. The average Bonchev–Trinajstić information content (AvgIpc) is 2.57. The molecular weight excluding hydrogens is 232 g/mol. The summed E-state index contributed by atoms with van der Waals surface area (Å²) in [4.78, 5) is 23.9. The number of aliphatic carboxylic acids is 1. The number of amides is 1. The van der Waals surface area contributed by atoms with Crippen LogP contribution in [0.15, 0.2) is 35.7 Å². The van der Waals surface area contributed by atoms with E-state index in [0.29, 0.717) is 6.54 Å². The minimum atomic E-state index is -1.13. The van der Waals surface area contributed by atoms with Gasteiger partial charge in [-0.3, -0.25) is 9.69 Å². The van der Waals surface area contributed by atoms with Crippen LogP contribution in [0.25, 0.3) is 0 Å². The van der Waals surface area contributed by atoms with Crippen molar-refractivity contribution in [1.82, 2.24) is 4.90 Å². The zero-order valence-electron chi connectivity index (χ0n) is 10.0. The Kier molecular flexibility index (Phi) is 3.06. The molecule has 1 aliphatic rings. The third kappa shape index (κ3) is 2.20. The Labute approximate surface area is 105 Å². The molecule has 0 fully saturated rings. The molecule has 1 aromatic rings. The van der Waals surface area contributed by atoms with E-state index in [9.17, 15) is 9.59 Å². The molecule has 1 aliphatic heterocycles. The number of rotatable bonds is 3. The Morgan fingerprint density at radius 1 is 1.50 bits per heavy atom. The molecule has 0 aliphatic carbocycles. The fraction of sp³-hybridized carbons (Fsp3) is 0.231. The summed E-state index contributed by atoms with van der Waals surface area (Å²) in [6.45, 7) is 2.26. The molecule has 1 aromatic carbocycles. The smallest absolute Gasteiger partial charge is 0.335 e. The van der Waals surface area contributed by atoms with Crippen LogP contribution in [0.1, 0.15) is 17.5 Å². The second-order valence-corrected chi connectivity index (χ2v) is 4.31. The Bertz CT molecular complexity index is 549. The minimum absolute atomic E-state index is 0.0207. The van der Waals surface area contributed by atoms with Gasteiger partial charge in [0.1, 0.15) is 5.82 Å². The molecule has 1 heterocycles. The number of nitrogens with two attached hydrogens (primary N) is 1. The maximum Gasteiger partial charge on any atom is 0.335 e. The summed E-state index contributed by atoms with van der Waals surface area (Å²) < 4.78 is 0. The van der Waals surface area contributed by atoms with E-state index in [2.05, 4.69) is 0 Å². The molecule has 0 radical (unpaired) electrons. The molecular formula is C13H14N2O3. The van der Waals surface area contributed by atoms with Gasteiger partial charge in [0.15, 0.2) is 0 Å². The predicted octanol–water partition coefficient (Wildman–Crippen LogP) is 0.982. The molecule has 0 unspecified atom stereocenters. The lowest BCUT2D eigenvalue weighted by atomic mass is 10.1. The Balaban J connectivity index is 2.24. The maximum absolute atomic E-state index is 11.7. The van der Waals surface area contributed by atoms with Crippen LogP contribution in [0.2, 0.25) is 0 Å². The Morgan fingerprint density at radius 2 is 2.22 bits per heavy atom. The topological polar surface area (TPSA) is 83.6 Å². The number of carbonyl (C=O) groups excluding carboxylic acids is 1. The summed E-state index contributed by atoms with van der Waals surface area (Å²) in [6, 6.07) is 7.67. The zero-order chi connectivity index (χ0) is 13.3. The van der Waals surface area contributed by atoms with Gasteiger partial charge in [0, 0.05) is 0 Å². The van der Waals surface area contributed by atoms with Gasteiger partial charge in [-0.2, -0.15) is 0 Å². The lowest BCUT2D eigenvalue weighted by Gasteiger charge is -2.17. The first-order valence-electron chi connectivity index (χ1n) is 5.57. The second-order valence-electron chi connectivity index (χ2n) is 4.31. The van der Waals surface area contributed by atoms with Crippen molar-refractivity contribution in [3.05, 3.63) is 46.8 Å². The van der Waals surface area contributed by atoms with Gasteiger partial charge < -0.3 is 10.8 Å². The number of carboxylic acid groups (broad SMARTS) is 1. The molecule has 5 nitrogen and oxygen atoms in total. The van der Waals surface area contributed by atoms with E-state index in [1.807, 2.05) is 31.2 Å². The summed E-state index contributed by atoms with van der Waals surface area (Å²) in [5.41, 5.74) is 7.70. The third-order valence-corrected chi connectivity index (χ3v) is 2.91. The highest BCUT2D eigenvalue weighted by atomic mass is 16.4. The average molecular weight is 246 g/mol. The highest BCUT2D eigenvalue weighted by Gasteiger charge is 2.31. The summed E-state index contributed by atoms with van der Waals surface area (Å²) in [6.07, 6.45) is -0.132. The summed E-state index contributed by atoms with van der Waals surface area (Å²) in [5, 5.41) is 8.91. The van der Waals surface area contributed by atoms with Gasteiger partial charge >= 0.3 is 5.97 Å². The first-order valence-corrected chi connectivity index (χ1v) is 5.57. The third-order valence-electron chi connectivity index (χ3n) is 2.91. The molecule has 0 saturated carbocycles. The molecule has 0 saturated heterocycles. The van der Waals surface area contributed by atoms with Crippen molar-refractivity contribution in [3.63, 3.8) is 0 Å². The molecule has 3 N–H and O–H groups in total. The van der Waals surface area contributed by atoms with E-state index in [4.69, 9.17) is 10.8 Å². The van der Waals surface area contributed by atoms with Crippen LogP contribution in [0.5, 0.6) is 0 Å². The van der Waals surface area contributed by atoms with E-state index in [1.54, 1.807) is 0 Å². The molecule has 0 atom stereocenters. The van der Waals surface area contributed by atoms with Gasteiger partial charge in [-0.1, -0.05) is 29.8 Å². The fourth-order valence-electron chi connectivity index (χ4n) is 1.99. The van der Waals surface area contributed by atoms with Crippen LogP contribution in [0, 0.1) is 6.92 Å². The van der Waals surface area contributed by atoms with Crippen LogP contribution in [-0.2, 0) is 16.1 Å². The molecule has 0 aromatic heterocycles. The number of aryl methyl sites for hydroxylation is 1. The molecule has 18 heavy (non-hydrogen) atoms. The van der Waals surface area contributed by atoms with E-state index in [1.165, 1.54) is 4.90 Å². The highest BCUT2D eigenvalue weighted by Crippen LogP contribution is 2.23. The quantitative estimate of drug-likeness (QED) is 0.832. The monoisotopic (exact) mass is 246 g/mol. The van der Waals surface area contributed by atoms with Crippen molar-refractivity contribution in [2.24, 2.45) is 5.73 Å². The molecule has 94 valence electrons. The van der Waals surface area contributed by atoms with E-state index < -0.39 is 5.97 Å². The second kappa shape index (κ2) is 4.52. The minimum Gasteiger partial charge on any atom is -0.478 e. The molecule has 5 heteroatoms. The SMILES string of the molecule is Cc1cccc(CN2C(=O)CC(C(=O)O)=C2N)c1. The van der Waals surface area contributed by atoms with Gasteiger partial charge in [-0.25, -0.2) is 4.79 Å². The molecule has 0 bridgehead atoms. The van der Waals surface area contributed by atoms with Gasteiger partial charge in [-0.05, 0) is 12.5 Å². The standard InChI is InChI=1S/C13H14N2O3/c1-8-3-2-4-9(5-8)7-15-11(16)6-10(12(15)14)13(17)18/h2-5H,6-7,14H2,1H3,(H,17,18). The number of carbonyl (C=O) groups is 2. The van der Waals surface area contributed by atoms with E-state index in [0.717, 1.165) is 11.1 Å². The lowest BCUT2D eigenvalue weighted by Crippen LogP contribution is -2.28.